The number of alkyl halides is 1. The Morgan fingerprint density at radius 1 is 1.40 bits per heavy atom. The number of thiocarbonyl (C=S) groups is 1. The number of aliphatic hydroxyl groups excluding tert-OH is 2. The summed E-state index contributed by atoms with van der Waals surface area (Å²) < 4.78 is 0. The van der Waals surface area contributed by atoms with Crippen molar-refractivity contribution in [2.75, 3.05) is 5.33 Å². The van der Waals surface area contributed by atoms with Crippen LogP contribution in [0.3, 0.4) is 0 Å². The van der Waals surface area contributed by atoms with E-state index in [9.17, 15) is 10.2 Å². The highest BCUT2D eigenvalue weighted by atomic mass is 79.9. The molecule has 5 heteroatoms. The highest BCUT2D eigenvalue weighted by molar-refractivity contribution is 9.09. The van der Waals surface area contributed by atoms with Gasteiger partial charge in [0.15, 0.2) is 0 Å². The largest absolute Gasteiger partial charge is 0.389 e. The Kier molecular flexibility index (Phi) is 4.66. The molecule has 0 aliphatic carbocycles. The molecule has 1 rings (SSSR count). The Morgan fingerprint density at radius 3 is 2.53 bits per heavy atom. The van der Waals surface area contributed by atoms with Crippen molar-refractivity contribution in [3.8, 4) is 0 Å². The molecule has 0 spiro atoms. The molecular weight excluding hydrogens is 278 g/mol. The van der Waals surface area contributed by atoms with E-state index < -0.39 is 12.2 Å². The average Bonchev–Trinajstić information content (AvgIpc) is 2.27. The number of nitrogens with two attached hydrogens (primary N) is 1. The van der Waals surface area contributed by atoms with Crippen molar-refractivity contribution in [3.05, 3.63) is 35.4 Å². The Bertz CT molecular complexity index is 359. The molecule has 0 aliphatic heterocycles. The summed E-state index contributed by atoms with van der Waals surface area (Å²) in [6.07, 6.45) is -1.86. The van der Waals surface area contributed by atoms with Crippen LogP contribution in [0.1, 0.15) is 17.2 Å². The van der Waals surface area contributed by atoms with E-state index in [0.29, 0.717) is 16.5 Å². The minimum atomic E-state index is -0.984. The van der Waals surface area contributed by atoms with E-state index in [-0.39, 0.29) is 4.99 Å². The third kappa shape index (κ3) is 2.98. The predicted octanol–water partition coefficient (Wildman–Crippen LogP) is 1.11. The highest BCUT2D eigenvalue weighted by Gasteiger charge is 2.20. The molecule has 4 N–H and O–H groups in total. The standard InChI is InChI=1S/C10H12BrNO2S/c11-5-8(13)9(14)6-3-1-2-4-7(6)10(12)15/h1-4,8-9,13-14H,5H2,(H2,12,15). The number of rotatable bonds is 4. The van der Waals surface area contributed by atoms with Crippen LogP contribution in [0.15, 0.2) is 24.3 Å². The maximum absolute atomic E-state index is 9.82. The zero-order valence-corrected chi connectivity index (χ0v) is 10.3. The van der Waals surface area contributed by atoms with Crippen LogP contribution in [0.25, 0.3) is 0 Å². The van der Waals surface area contributed by atoms with Gasteiger partial charge < -0.3 is 15.9 Å². The molecule has 0 aliphatic rings. The lowest BCUT2D eigenvalue weighted by atomic mass is 9.99. The van der Waals surface area contributed by atoms with Crippen molar-refractivity contribution in [3.63, 3.8) is 0 Å². The van der Waals surface area contributed by atoms with Gasteiger partial charge in [-0.15, -0.1) is 0 Å². The maximum Gasteiger partial charge on any atom is 0.106 e. The molecule has 0 bridgehead atoms. The number of benzene rings is 1. The van der Waals surface area contributed by atoms with Crippen molar-refractivity contribution in [2.24, 2.45) is 5.73 Å². The fourth-order valence-electron chi connectivity index (χ4n) is 1.27. The van der Waals surface area contributed by atoms with Crippen molar-refractivity contribution in [1.29, 1.82) is 0 Å². The summed E-state index contributed by atoms with van der Waals surface area (Å²) in [4.78, 5) is 0.214. The monoisotopic (exact) mass is 289 g/mol. The fraction of sp³-hybridized carbons (Fsp3) is 0.300. The summed E-state index contributed by atoms with van der Waals surface area (Å²) >= 11 is 7.97. The third-order valence-electron chi connectivity index (χ3n) is 2.07. The molecule has 0 aromatic heterocycles. The van der Waals surface area contributed by atoms with Gasteiger partial charge in [0, 0.05) is 10.9 Å². The lowest BCUT2D eigenvalue weighted by molar-refractivity contribution is 0.0342. The Labute approximate surface area is 102 Å². The topological polar surface area (TPSA) is 66.5 Å². The number of hydrogen-bond donors (Lipinski definition) is 3. The summed E-state index contributed by atoms with van der Waals surface area (Å²) in [7, 11) is 0. The summed E-state index contributed by atoms with van der Waals surface area (Å²) in [5, 5.41) is 19.6. The molecule has 0 saturated carbocycles. The van der Waals surface area contributed by atoms with Gasteiger partial charge in [0.25, 0.3) is 0 Å². The van der Waals surface area contributed by atoms with Crippen LogP contribution in [-0.2, 0) is 0 Å². The van der Waals surface area contributed by atoms with Crippen molar-refractivity contribution < 1.29 is 10.2 Å². The van der Waals surface area contributed by atoms with Gasteiger partial charge in [0.05, 0.1) is 6.10 Å². The van der Waals surface area contributed by atoms with Gasteiger partial charge in [-0.3, -0.25) is 0 Å². The predicted molar refractivity (Wildman–Crippen MR) is 67.1 cm³/mol. The third-order valence-corrected chi connectivity index (χ3v) is 2.95. The molecule has 0 saturated heterocycles. The molecule has 0 fully saturated rings. The second kappa shape index (κ2) is 5.55. The lowest BCUT2D eigenvalue weighted by Crippen LogP contribution is -2.23. The SMILES string of the molecule is NC(=S)c1ccccc1C(O)C(O)CBr. The van der Waals surface area contributed by atoms with Crippen LogP contribution in [0, 0.1) is 0 Å². The van der Waals surface area contributed by atoms with E-state index in [2.05, 4.69) is 15.9 Å². The first-order chi connectivity index (χ1) is 7.07. The molecule has 82 valence electrons. The highest BCUT2D eigenvalue weighted by Crippen LogP contribution is 2.22. The molecule has 3 nitrogen and oxygen atoms in total. The number of halogens is 1. The first-order valence-electron chi connectivity index (χ1n) is 4.38. The fourth-order valence-corrected chi connectivity index (χ4v) is 1.81. The van der Waals surface area contributed by atoms with Gasteiger partial charge in [0.2, 0.25) is 0 Å². The lowest BCUT2D eigenvalue weighted by Gasteiger charge is -2.18. The number of aliphatic hydroxyl groups is 2. The normalized spacial score (nSPS) is 14.6. The van der Waals surface area contributed by atoms with Gasteiger partial charge in [-0.25, -0.2) is 0 Å². The van der Waals surface area contributed by atoms with E-state index in [1.165, 1.54) is 0 Å². The molecule has 0 amide bonds. The van der Waals surface area contributed by atoms with Crippen LogP contribution < -0.4 is 5.73 Å². The van der Waals surface area contributed by atoms with E-state index >= 15 is 0 Å². The van der Waals surface area contributed by atoms with Gasteiger partial charge in [-0.05, 0) is 5.56 Å². The molecule has 15 heavy (non-hydrogen) atoms. The van der Waals surface area contributed by atoms with E-state index in [1.54, 1.807) is 24.3 Å². The van der Waals surface area contributed by atoms with Crippen molar-refractivity contribution in [1.82, 2.24) is 0 Å². The van der Waals surface area contributed by atoms with Crippen LogP contribution in [0.5, 0.6) is 0 Å². The van der Waals surface area contributed by atoms with Gasteiger partial charge in [-0.1, -0.05) is 52.4 Å². The van der Waals surface area contributed by atoms with Crippen LogP contribution >= 0.6 is 28.1 Å². The summed E-state index contributed by atoms with van der Waals surface area (Å²) in [5.41, 5.74) is 6.67. The molecule has 2 atom stereocenters. The Balaban J connectivity index is 3.07. The maximum atomic E-state index is 9.82. The summed E-state index contributed by atoms with van der Waals surface area (Å²) in [6, 6.07) is 6.97. The van der Waals surface area contributed by atoms with Crippen LogP contribution in [0.2, 0.25) is 0 Å². The molecule has 0 heterocycles. The van der Waals surface area contributed by atoms with Crippen molar-refractivity contribution >= 4 is 33.1 Å². The minimum absolute atomic E-state index is 0.214. The van der Waals surface area contributed by atoms with Gasteiger partial charge in [0.1, 0.15) is 11.1 Å². The van der Waals surface area contributed by atoms with Crippen molar-refractivity contribution in [2.45, 2.75) is 12.2 Å². The van der Waals surface area contributed by atoms with Gasteiger partial charge in [-0.2, -0.15) is 0 Å². The van der Waals surface area contributed by atoms with Crippen LogP contribution in [-0.4, -0.2) is 26.6 Å². The van der Waals surface area contributed by atoms with E-state index in [1.807, 2.05) is 0 Å². The quantitative estimate of drug-likeness (QED) is 0.574. The van der Waals surface area contributed by atoms with E-state index in [4.69, 9.17) is 18.0 Å². The van der Waals surface area contributed by atoms with E-state index in [0.717, 1.165) is 0 Å². The first-order valence-corrected chi connectivity index (χ1v) is 5.91. The Morgan fingerprint density at radius 2 is 2.00 bits per heavy atom. The second-order valence-corrected chi connectivity index (χ2v) is 4.21. The second-order valence-electron chi connectivity index (χ2n) is 3.12. The minimum Gasteiger partial charge on any atom is -0.389 e. The molecule has 0 radical (unpaired) electrons. The molecule has 1 aromatic carbocycles. The number of hydrogen-bond acceptors (Lipinski definition) is 3. The molecule has 2 unspecified atom stereocenters. The summed E-state index contributed by atoms with van der Waals surface area (Å²) in [5.74, 6) is 0. The Hall–Kier alpha value is -0.490. The average molecular weight is 290 g/mol. The zero-order valence-electron chi connectivity index (χ0n) is 7.93. The van der Waals surface area contributed by atoms with Crippen LogP contribution in [0.4, 0.5) is 0 Å². The zero-order chi connectivity index (χ0) is 11.4. The summed E-state index contributed by atoms with van der Waals surface area (Å²) in [6.45, 7) is 0. The molecule has 1 aromatic rings. The molecular formula is C10H12BrNO2S. The smallest absolute Gasteiger partial charge is 0.106 e. The van der Waals surface area contributed by atoms with Gasteiger partial charge >= 0.3 is 0 Å². The first kappa shape index (κ1) is 12.6.